The topological polar surface area (TPSA) is 76.4 Å². The summed E-state index contributed by atoms with van der Waals surface area (Å²) in [6, 6.07) is 8.16. The van der Waals surface area contributed by atoms with Crippen molar-refractivity contribution in [3.63, 3.8) is 0 Å². The van der Waals surface area contributed by atoms with Crippen LogP contribution in [0.1, 0.15) is 40.2 Å². The van der Waals surface area contributed by atoms with E-state index in [0.717, 1.165) is 42.6 Å². The summed E-state index contributed by atoms with van der Waals surface area (Å²) < 4.78 is 6.78. The van der Waals surface area contributed by atoms with Gasteiger partial charge in [0.05, 0.1) is 18.4 Å². The Morgan fingerprint density at radius 3 is 2.76 bits per heavy atom. The molecule has 2 N–H and O–H groups in total. The summed E-state index contributed by atoms with van der Waals surface area (Å²) in [4.78, 5) is 12.6. The standard InChI is InChI=1S/C19H25N3O3/c1-13-7-9-14(10-8-13)22-17-6-4-3-5-16(17)18(21-22)19(24)20-11-15(23)12-25-2/h7-10,15,23H,3-6,11-12H2,1-2H3,(H,20,24). The van der Waals surface area contributed by atoms with E-state index in [2.05, 4.69) is 10.4 Å². The first-order chi connectivity index (χ1) is 12.1. The average Bonchev–Trinajstić information content (AvgIpc) is 3.00. The Hall–Kier alpha value is -2.18. The van der Waals surface area contributed by atoms with Crippen molar-refractivity contribution in [3.8, 4) is 5.69 Å². The van der Waals surface area contributed by atoms with Crippen molar-refractivity contribution in [2.24, 2.45) is 0 Å². The highest BCUT2D eigenvalue weighted by molar-refractivity contribution is 5.94. The van der Waals surface area contributed by atoms with Crippen LogP contribution in [0.4, 0.5) is 0 Å². The highest BCUT2D eigenvalue weighted by Crippen LogP contribution is 2.27. The summed E-state index contributed by atoms with van der Waals surface area (Å²) in [6.45, 7) is 2.39. The number of methoxy groups -OCH3 is 1. The molecule has 1 aliphatic rings. The van der Waals surface area contributed by atoms with Gasteiger partial charge in [0, 0.05) is 24.9 Å². The number of carbonyl (C=O) groups excluding carboxylic acids is 1. The van der Waals surface area contributed by atoms with Gasteiger partial charge in [-0.15, -0.1) is 0 Å². The van der Waals surface area contributed by atoms with E-state index in [1.807, 2.05) is 35.9 Å². The second-order valence-electron chi connectivity index (χ2n) is 6.55. The van der Waals surface area contributed by atoms with Gasteiger partial charge in [0.1, 0.15) is 0 Å². The van der Waals surface area contributed by atoms with Crippen molar-refractivity contribution in [1.82, 2.24) is 15.1 Å². The molecule has 1 aliphatic carbocycles. The summed E-state index contributed by atoms with van der Waals surface area (Å²) in [6.07, 6.45) is 3.25. The average molecular weight is 343 g/mol. The number of fused-ring (bicyclic) bond motifs is 1. The van der Waals surface area contributed by atoms with Gasteiger partial charge in [0.25, 0.3) is 5.91 Å². The number of hydrogen-bond acceptors (Lipinski definition) is 4. The second-order valence-corrected chi connectivity index (χ2v) is 6.55. The Morgan fingerprint density at radius 2 is 2.04 bits per heavy atom. The van der Waals surface area contributed by atoms with Crippen molar-refractivity contribution < 1.29 is 14.6 Å². The molecule has 1 atom stereocenters. The SMILES string of the molecule is COCC(O)CNC(=O)c1nn(-c2ccc(C)cc2)c2c1CCCC2. The van der Waals surface area contributed by atoms with Crippen molar-refractivity contribution >= 4 is 5.91 Å². The number of nitrogens with zero attached hydrogens (tertiary/aromatic N) is 2. The third-order valence-electron chi connectivity index (χ3n) is 4.53. The molecule has 0 saturated carbocycles. The fourth-order valence-electron chi connectivity index (χ4n) is 3.23. The summed E-state index contributed by atoms with van der Waals surface area (Å²) >= 11 is 0. The lowest BCUT2D eigenvalue weighted by atomic mass is 9.95. The molecule has 0 radical (unpaired) electrons. The van der Waals surface area contributed by atoms with E-state index in [9.17, 15) is 9.90 Å². The van der Waals surface area contributed by atoms with Crippen LogP contribution < -0.4 is 5.32 Å². The molecule has 6 nitrogen and oxygen atoms in total. The predicted octanol–water partition coefficient (Wildman–Crippen LogP) is 1.80. The lowest BCUT2D eigenvalue weighted by Crippen LogP contribution is -2.35. The maximum atomic E-state index is 12.6. The highest BCUT2D eigenvalue weighted by atomic mass is 16.5. The van der Waals surface area contributed by atoms with E-state index >= 15 is 0 Å². The van der Waals surface area contributed by atoms with Crippen LogP contribution in [0.5, 0.6) is 0 Å². The number of benzene rings is 1. The minimum Gasteiger partial charge on any atom is -0.389 e. The van der Waals surface area contributed by atoms with E-state index in [4.69, 9.17) is 4.74 Å². The van der Waals surface area contributed by atoms with Gasteiger partial charge in [-0.25, -0.2) is 4.68 Å². The van der Waals surface area contributed by atoms with Crippen LogP contribution in [-0.4, -0.2) is 47.2 Å². The number of hydrogen-bond donors (Lipinski definition) is 2. The summed E-state index contributed by atoms with van der Waals surface area (Å²) in [7, 11) is 1.52. The molecule has 1 amide bonds. The second kappa shape index (κ2) is 7.80. The molecule has 0 fully saturated rings. The molecule has 2 aromatic rings. The number of amides is 1. The molecule has 3 rings (SSSR count). The Labute approximate surface area is 147 Å². The lowest BCUT2D eigenvalue weighted by Gasteiger charge is -2.14. The Morgan fingerprint density at radius 1 is 1.32 bits per heavy atom. The largest absolute Gasteiger partial charge is 0.389 e. The number of carbonyl (C=O) groups is 1. The lowest BCUT2D eigenvalue weighted by molar-refractivity contribution is 0.0608. The first-order valence-electron chi connectivity index (χ1n) is 8.73. The number of ether oxygens (including phenoxy) is 1. The van der Waals surface area contributed by atoms with E-state index < -0.39 is 6.10 Å². The summed E-state index contributed by atoms with van der Waals surface area (Å²) in [5.74, 6) is -0.237. The molecule has 134 valence electrons. The smallest absolute Gasteiger partial charge is 0.272 e. The molecule has 25 heavy (non-hydrogen) atoms. The monoisotopic (exact) mass is 343 g/mol. The first kappa shape index (κ1) is 17.6. The molecule has 0 saturated heterocycles. The maximum Gasteiger partial charge on any atom is 0.272 e. The van der Waals surface area contributed by atoms with Crippen LogP contribution in [0.15, 0.2) is 24.3 Å². The van der Waals surface area contributed by atoms with Crippen molar-refractivity contribution in [1.29, 1.82) is 0 Å². The normalized spacial score (nSPS) is 14.8. The van der Waals surface area contributed by atoms with Crippen LogP contribution in [0.3, 0.4) is 0 Å². The zero-order chi connectivity index (χ0) is 17.8. The van der Waals surface area contributed by atoms with Gasteiger partial charge < -0.3 is 15.2 Å². The molecular formula is C19H25N3O3. The van der Waals surface area contributed by atoms with Crippen LogP contribution in [-0.2, 0) is 17.6 Å². The summed E-state index contributed by atoms with van der Waals surface area (Å²) in [5, 5.41) is 17.1. The molecule has 0 spiro atoms. The highest BCUT2D eigenvalue weighted by Gasteiger charge is 2.25. The van der Waals surface area contributed by atoms with Crippen molar-refractivity contribution in [2.45, 2.75) is 38.7 Å². The van der Waals surface area contributed by atoms with E-state index in [1.165, 1.54) is 12.7 Å². The van der Waals surface area contributed by atoms with Gasteiger partial charge >= 0.3 is 0 Å². The van der Waals surface area contributed by atoms with Gasteiger partial charge in [-0.2, -0.15) is 5.10 Å². The third-order valence-corrected chi connectivity index (χ3v) is 4.53. The zero-order valence-corrected chi connectivity index (χ0v) is 14.8. The van der Waals surface area contributed by atoms with Crippen molar-refractivity contribution in [3.05, 3.63) is 46.8 Å². The minimum atomic E-state index is -0.719. The van der Waals surface area contributed by atoms with Gasteiger partial charge in [0.15, 0.2) is 5.69 Å². The number of aliphatic hydroxyl groups excluding tert-OH is 1. The molecule has 0 bridgehead atoms. The van der Waals surface area contributed by atoms with E-state index in [1.54, 1.807) is 0 Å². The fraction of sp³-hybridized carbons (Fsp3) is 0.474. The van der Waals surface area contributed by atoms with Gasteiger partial charge in [0.2, 0.25) is 0 Å². The first-order valence-corrected chi connectivity index (χ1v) is 8.73. The molecular weight excluding hydrogens is 318 g/mol. The van der Waals surface area contributed by atoms with Gasteiger partial charge in [-0.05, 0) is 44.7 Å². The maximum absolute atomic E-state index is 12.6. The fourth-order valence-corrected chi connectivity index (χ4v) is 3.23. The van der Waals surface area contributed by atoms with E-state index in [0.29, 0.717) is 5.69 Å². The van der Waals surface area contributed by atoms with Crippen molar-refractivity contribution in [2.75, 3.05) is 20.3 Å². The molecule has 1 unspecified atom stereocenters. The minimum absolute atomic E-state index is 0.152. The molecule has 6 heteroatoms. The Bertz CT molecular complexity index is 737. The quantitative estimate of drug-likeness (QED) is 0.838. The number of aromatic nitrogens is 2. The number of aliphatic hydroxyl groups is 1. The Balaban J connectivity index is 1.87. The van der Waals surface area contributed by atoms with Crippen LogP contribution in [0, 0.1) is 6.92 Å². The molecule has 1 aromatic heterocycles. The number of aryl methyl sites for hydroxylation is 1. The van der Waals surface area contributed by atoms with Crippen LogP contribution in [0.25, 0.3) is 5.69 Å². The Kier molecular flexibility index (Phi) is 5.50. The molecule has 1 aromatic carbocycles. The number of rotatable bonds is 6. The number of nitrogens with one attached hydrogen (secondary N) is 1. The molecule has 0 aliphatic heterocycles. The van der Waals surface area contributed by atoms with Gasteiger partial charge in [-0.3, -0.25) is 4.79 Å². The summed E-state index contributed by atoms with van der Waals surface area (Å²) in [5.41, 5.74) is 4.79. The third kappa shape index (κ3) is 3.91. The van der Waals surface area contributed by atoms with E-state index in [-0.39, 0.29) is 19.1 Å². The molecule has 1 heterocycles. The predicted molar refractivity (Wildman–Crippen MR) is 95.2 cm³/mol. The van der Waals surface area contributed by atoms with Gasteiger partial charge in [-0.1, -0.05) is 17.7 Å². The van der Waals surface area contributed by atoms with Crippen LogP contribution >= 0.6 is 0 Å². The van der Waals surface area contributed by atoms with Crippen LogP contribution in [0.2, 0.25) is 0 Å². The zero-order valence-electron chi connectivity index (χ0n) is 14.8.